The molecule has 2 rings (SSSR count). The Morgan fingerprint density at radius 2 is 1.63 bits per heavy atom. The second-order valence-corrected chi connectivity index (χ2v) is 6.29. The van der Waals surface area contributed by atoms with Crippen LogP contribution in [0, 0.1) is 5.92 Å². The van der Waals surface area contributed by atoms with Crippen molar-refractivity contribution in [2.75, 3.05) is 23.8 Å². The lowest BCUT2D eigenvalue weighted by Gasteiger charge is -2.18. The Morgan fingerprint density at radius 1 is 1.04 bits per heavy atom. The van der Waals surface area contributed by atoms with Crippen molar-refractivity contribution in [3.63, 3.8) is 0 Å². The Labute approximate surface area is 159 Å². The Morgan fingerprint density at radius 3 is 2.11 bits per heavy atom. The minimum atomic E-state index is -0.403. The van der Waals surface area contributed by atoms with Crippen LogP contribution in [0.15, 0.2) is 34.9 Å². The summed E-state index contributed by atoms with van der Waals surface area (Å²) in [5.74, 6) is 0.790. The van der Waals surface area contributed by atoms with E-state index in [2.05, 4.69) is 10.6 Å². The minimum absolute atomic E-state index is 0.110. The maximum absolute atomic E-state index is 12.3. The van der Waals surface area contributed by atoms with Gasteiger partial charge in [-0.25, -0.2) is 0 Å². The molecule has 0 saturated heterocycles. The summed E-state index contributed by atoms with van der Waals surface area (Å²) in [6, 6.07) is 6.50. The normalized spacial score (nSPS) is 10.6. The Balaban J connectivity index is 2.33. The summed E-state index contributed by atoms with van der Waals surface area (Å²) in [6.07, 6.45) is 1.82. The van der Waals surface area contributed by atoms with Gasteiger partial charge in [-0.3, -0.25) is 9.59 Å². The highest BCUT2D eigenvalue weighted by Gasteiger charge is 2.18. The van der Waals surface area contributed by atoms with Crippen molar-refractivity contribution in [1.29, 1.82) is 0 Å². The fraction of sp³-hybridized carbons (Fsp3) is 0.400. The van der Waals surface area contributed by atoms with Gasteiger partial charge in [0.2, 0.25) is 5.91 Å². The maximum atomic E-state index is 12.3. The highest BCUT2D eigenvalue weighted by atomic mass is 16.5. The van der Waals surface area contributed by atoms with Crippen LogP contribution in [0.25, 0.3) is 0 Å². The lowest BCUT2D eigenvalue weighted by Crippen LogP contribution is -2.16. The minimum Gasteiger partial charge on any atom is -0.492 e. The van der Waals surface area contributed by atoms with Crippen LogP contribution in [0.2, 0.25) is 0 Å². The molecule has 0 atom stereocenters. The Hall–Kier alpha value is -2.96. The van der Waals surface area contributed by atoms with Crippen molar-refractivity contribution in [2.24, 2.45) is 5.92 Å². The molecule has 0 radical (unpaired) electrons. The quantitative estimate of drug-likeness (QED) is 0.682. The summed E-state index contributed by atoms with van der Waals surface area (Å²) in [5, 5.41) is 5.62. The topological polar surface area (TPSA) is 89.8 Å². The van der Waals surface area contributed by atoms with E-state index in [9.17, 15) is 9.59 Å². The van der Waals surface area contributed by atoms with Crippen LogP contribution in [0.4, 0.5) is 11.4 Å². The van der Waals surface area contributed by atoms with Crippen LogP contribution < -0.4 is 20.1 Å². The van der Waals surface area contributed by atoms with Crippen molar-refractivity contribution in [1.82, 2.24) is 0 Å². The van der Waals surface area contributed by atoms with Gasteiger partial charge < -0.3 is 24.5 Å². The number of rotatable bonds is 9. The number of benzene rings is 1. The van der Waals surface area contributed by atoms with Crippen LogP contribution in [-0.2, 0) is 4.79 Å². The smallest absolute Gasteiger partial charge is 0.291 e. The molecule has 2 aromatic rings. The number of amides is 2. The van der Waals surface area contributed by atoms with E-state index in [1.165, 1.54) is 6.26 Å². The van der Waals surface area contributed by atoms with Gasteiger partial charge in [-0.2, -0.15) is 0 Å². The fourth-order valence-corrected chi connectivity index (χ4v) is 2.47. The highest BCUT2D eigenvalue weighted by Crippen LogP contribution is 2.37. The molecule has 27 heavy (non-hydrogen) atoms. The van der Waals surface area contributed by atoms with E-state index in [4.69, 9.17) is 13.9 Å². The first-order valence-corrected chi connectivity index (χ1v) is 9.02. The largest absolute Gasteiger partial charge is 0.492 e. The van der Waals surface area contributed by atoms with Gasteiger partial charge in [-0.05, 0) is 31.9 Å². The molecule has 0 aliphatic rings. The molecule has 7 heteroatoms. The van der Waals surface area contributed by atoms with Gasteiger partial charge in [0, 0.05) is 18.6 Å². The van der Waals surface area contributed by atoms with Gasteiger partial charge in [-0.1, -0.05) is 13.8 Å². The van der Waals surface area contributed by atoms with Crippen LogP contribution in [0.1, 0.15) is 44.7 Å². The zero-order chi connectivity index (χ0) is 19.8. The highest BCUT2D eigenvalue weighted by molar-refractivity contribution is 6.04. The molecular formula is C20H26N2O5. The molecule has 0 unspecified atom stereocenters. The standard InChI is InChI=1S/C20H26N2O5/c1-5-25-17-12-15(22-20(24)16-8-7-9-27-16)18(26-6-2)11-14(17)21-19(23)10-13(3)4/h7-9,11-13H,5-6,10H2,1-4H3,(H,21,23)(H,22,24). The number of hydrogen-bond acceptors (Lipinski definition) is 5. The predicted molar refractivity (Wildman–Crippen MR) is 104 cm³/mol. The predicted octanol–water partition coefficient (Wildman–Crippen LogP) is 4.31. The molecule has 0 fully saturated rings. The fourth-order valence-electron chi connectivity index (χ4n) is 2.47. The van der Waals surface area contributed by atoms with Crippen molar-refractivity contribution in [3.8, 4) is 11.5 Å². The molecule has 146 valence electrons. The first-order valence-electron chi connectivity index (χ1n) is 9.02. The van der Waals surface area contributed by atoms with Crippen LogP contribution >= 0.6 is 0 Å². The first-order chi connectivity index (χ1) is 12.9. The van der Waals surface area contributed by atoms with E-state index in [-0.39, 0.29) is 17.6 Å². The average molecular weight is 374 g/mol. The van der Waals surface area contributed by atoms with Gasteiger partial charge in [-0.15, -0.1) is 0 Å². The summed E-state index contributed by atoms with van der Waals surface area (Å²) in [6.45, 7) is 8.44. The van der Waals surface area contributed by atoms with Gasteiger partial charge in [0.05, 0.1) is 30.9 Å². The molecule has 0 aliphatic carbocycles. The van der Waals surface area contributed by atoms with Crippen molar-refractivity contribution < 1.29 is 23.5 Å². The molecule has 0 bridgehead atoms. The van der Waals surface area contributed by atoms with E-state index in [0.717, 1.165) is 0 Å². The van der Waals surface area contributed by atoms with Gasteiger partial charge in [0.25, 0.3) is 5.91 Å². The third-order valence-corrected chi connectivity index (χ3v) is 3.54. The molecule has 0 spiro atoms. The Kier molecular flexibility index (Phi) is 7.28. The average Bonchev–Trinajstić information content (AvgIpc) is 3.12. The molecule has 1 aromatic heterocycles. The second kappa shape index (κ2) is 9.66. The lowest BCUT2D eigenvalue weighted by atomic mass is 10.1. The number of ether oxygens (including phenoxy) is 2. The van der Waals surface area contributed by atoms with E-state index >= 15 is 0 Å². The zero-order valence-electron chi connectivity index (χ0n) is 16.1. The molecule has 1 aromatic carbocycles. The number of furan rings is 1. The van der Waals surface area contributed by atoms with E-state index < -0.39 is 5.91 Å². The van der Waals surface area contributed by atoms with Gasteiger partial charge >= 0.3 is 0 Å². The van der Waals surface area contributed by atoms with Crippen LogP contribution in [0.5, 0.6) is 11.5 Å². The Bertz CT molecular complexity index is 769. The second-order valence-electron chi connectivity index (χ2n) is 6.29. The number of hydrogen-bond donors (Lipinski definition) is 2. The number of nitrogens with one attached hydrogen (secondary N) is 2. The van der Waals surface area contributed by atoms with Gasteiger partial charge in [0.1, 0.15) is 11.5 Å². The zero-order valence-corrected chi connectivity index (χ0v) is 16.1. The third-order valence-electron chi connectivity index (χ3n) is 3.54. The van der Waals surface area contributed by atoms with Crippen LogP contribution in [-0.4, -0.2) is 25.0 Å². The molecule has 0 saturated carbocycles. The summed E-state index contributed by atoms with van der Waals surface area (Å²) >= 11 is 0. The number of anilines is 2. The third kappa shape index (κ3) is 5.77. The summed E-state index contributed by atoms with van der Waals surface area (Å²) < 4.78 is 16.4. The van der Waals surface area contributed by atoms with E-state index in [1.54, 1.807) is 24.3 Å². The molecule has 2 amide bonds. The van der Waals surface area contributed by atoms with Crippen LogP contribution in [0.3, 0.4) is 0 Å². The molecular weight excluding hydrogens is 348 g/mol. The number of carbonyl (C=O) groups excluding carboxylic acids is 2. The lowest BCUT2D eigenvalue weighted by molar-refractivity contribution is -0.116. The summed E-state index contributed by atoms with van der Waals surface area (Å²) in [7, 11) is 0. The molecule has 7 nitrogen and oxygen atoms in total. The van der Waals surface area contributed by atoms with Gasteiger partial charge in [0.15, 0.2) is 5.76 Å². The van der Waals surface area contributed by atoms with E-state index in [0.29, 0.717) is 42.5 Å². The molecule has 2 N–H and O–H groups in total. The summed E-state index contributed by atoms with van der Waals surface area (Å²) in [5.41, 5.74) is 0.936. The van der Waals surface area contributed by atoms with Crippen molar-refractivity contribution in [3.05, 3.63) is 36.3 Å². The van der Waals surface area contributed by atoms with Crippen molar-refractivity contribution in [2.45, 2.75) is 34.1 Å². The molecule has 0 aliphatic heterocycles. The van der Waals surface area contributed by atoms with Crippen molar-refractivity contribution >= 4 is 23.2 Å². The SMILES string of the molecule is CCOc1cc(NC(=O)c2ccco2)c(OCC)cc1NC(=O)CC(C)C. The maximum Gasteiger partial charge on any atom is 0.291 e. The number of carbonyl (C=O) groups is 2. The summed E-state index contributed by atoms with van der Waals surface area (Å²) in [4.78, 5) is 24.5. The first kappa shape index (κ1) is 20.4. The molecule has 1 heterocycles. The monoisotopic (exact) mass is 374 g/mol. The van der Waals surface area contributed by atoms with E-state index in [1.807, 2.05) is 27.7 Å².